The molecule has 2 aliphatic heterocycles. The monoisotopic (exact) mass is 267 g/mol. The van der Waals surface area contributed by atoms with Gasteiger partial charge in [-0.3, -0.25) is 4.79 Å². The number of nitrogens with zero attached hydrogens (tertiary/aromatic N) is 2. The Hall–Kier alpha value is -0.610. The second-order valence-corrected chi connectivity index (χ2v) is 6.46. The van der Waals surface area contributed by atoms with E-state index in [4.69, 9.17) is 0 Å². The van der Waals surface area contributed by atoms with Crippen molar-refractivity contribution in [2.24, 2.45) is 11.8 Å². The minimum atomic E-state index is 0.137. The van der Waals surface area contributed by atoms with Gasteiger partial charge in [-0.25, -0.2) is 0 Å². The molecule has 2 saturated heterocycles. The lowest BCUT2D eigenvalue weighted by molar-refractivity contribution is -0.134. The molecule has 0 aromatic rings. The van der Waals surface area contributed by atoms with E-state index in [0.29, 0.717) is 17.9 Å². The quantitative estimate of drug-likeness (QED) is 0.834. The Morgan fingerprint density at radius 2 is 1.95 bits per heavy atom. The second-order valence-electron chi connectivity index (χ2n) is 6.46. The summed E-state index contributed by atoms with van der Waals surface area (Å²) in [7, 11) is 0. The van der Waals surface area contributed by atoms with Gasteiger partial charge in [-0.05, 0) is 45.7 Å². The Kier molecular flexibility index (Phi) is 5.22. The van der Waals surface area contributed by atoms with E-state index in [-0.39, 0.29) is 5.92 Å². The van der Waals surface area contributed by atoms with E-state index in [1.54, 1.807) is 0 Å². The summed E-state index contributed by atoms with van der Waals surface area (Å²) in [5, 5.41) is 3.35. The lowest BCUT2D eigenvalue weighted by atomic mass is 9.95. The first kappa shape index (κ1) is 14.8. The summed E-state index contributed by atoms with van der Waals surface area (Å²) in [5.74, 6) is 1.18. The van der Waals surface area contributed by atoms with Crippen LogP contribution in [0.15, 0.2) is 0 Å². The van der Waals surface area contributed by atoms with Crippen molar-refractivity contribution in [3.63, 3.8) is 0 Å². The summed E-state index contributed by atoms with van der Waals surface area (Å²) in [6.07, 6.45) is 2.48. The largest absolute Gasteiger partial charge is 0.341 e. The molecule has 0 saturated carbocycles. The number of nitrogens with one attached hydrogen (secondary N) is 1. The van der Waals surface area contributed by atoms with Gasteiger partial charge in [0.2, 0.25) is 5.91 Å². The molecular formula is C15H29N3O. The highest BCUT2D eigenvalue weighted by Gasteiger charge is 2.27. The molecule has 110 valence electrons. The number of carbonyl (C=O) groups is 1. The van der Waals surface area contributed by atoms with Crippen LogP contribution < -0.4 is 5.32 Å². The number of hydrogen-bond donors (Lipinski definition) is 1. The molecule has 0 bridgehead atoms. The molecule has 2 heterocycles. The maximum atomic E-state index is 12.3. The van der Waals surface area contributed by atoms with Crippen LogP contribution in [0.4, 0.5) is 0 Å². The third-order valence-corrected chi connectivity index (χ3v) is 4.60. The highest BCUT2D eigenvalue weighted by atomic mass is 16.2. The maximum Gasteiger partial charge on any atom is 0.226 e. The number of carbonyl (C=O) groups excluding carboxylic acids is 1. The molecule has 2 rings (SSSR count). The van der Waals surface area contributed by atoms with Crippen LogP contribution in [0, 0.1) is 11.8 Å². The second kappa shape index (κ2) is 6.71. The summed E-state index contributed by atoms with van der Waals surface area (Å²) < 4.78 is 0. The Morgan fingerprint density at radius 3 is 2.58 bits per heavy atom. The van der Waals surface area contributed by atoms with E-state index in [1.807, 2.05) is 6.92 Å². The predicted molar refractivity (Wildman–Crippen MR) is 78.0 cm³/mol. The molecule has 1 N–H and O–H groups in total. The highest BCUT2D eigenvalue weighted by molar-refractivity contribution is 5.79. The van der Waals surface area contributed by atoms with Crippen LogP contribution in [0.3, 0.4) is 0 Å². The van der Waals surface area contributed by atoms with Crippen LogP contribution in [-0.2, 0) is 4.79 Å². The van der Waals surface area contributed by atoms with E-state index < -0.39 is 0 Å². The van der Waals surface area contributed by atoms with Gasteiger partial charge in [-0.2, -0.15) is 0 Å². The number of piperidine rings is 1. The molecule has 0 aromatic carbocycles. The van der Waals surface area contributed by atoms with Crippen LogP contribution in [0.2, 0.25) is 0 Å². The van der Waals surface area contributed by atoms with E-state index in [1.165, 1.54) is 25.9 Å². The molecule has 19 heavy (non-hydrogen) atoms. The summed E-state index contributed by atoms with van der Waals surface area (Å²) in [6.45, 7) is 12.6. The van der Waals surface area contributed by atoms with Gasteiger partial charge in [0.1, 0.15) is 0 Å². The van der Waals surface area contributed by atoms with E-state index in [2.05, 4.69) is 29.0 Å². The topological polar surface area (TPSA) is 35.6 Å². The van der Waals surface area contributed by atoms with Crippen molar-refractivity contribution in [2.75, 3.05) is 39.3 Å². The van der Waals surface area contributed by atoms with Gasteiger partial charge in [0.15, 0.2) is 0 Å². The van der Waals surface area contributed by atoms with Gasteiger partial charge in [0, 0.05) is 38.1 Å². The third kappa shape index (κ3) is 3.93. The summed E-state index contributed by atoms with van der Waals surface area (Å²) in [4.78, 5) is 16.9. The van der Waals surface area contributed by atoms with Crippen LogP contribution in [0.1, 0.15) is 33.6 Å². The molecule has 1 unspecified atom stereocenters. The first-order valence-electron chi connectivity index (χ1n) is 7.81. The third-order valence-electron chi connectivity index (χ3n) is 4.60. The maximum absolute atomic E-state index is 12.3. The zero-order valence-corrected chi connectivity index (χ0v) is 12.7. The van der Waals surface area contributed by atoms with E-state index in [9.17, 15) is 4.79 Å². The lowest BCUT2D eigenvalue weighted by Gasteiger charge is -2.36. The standard InChI is InChI=1S/C15H29N3O/c1-12(2)17-7-4-14(5-8-17)11-18-9-6-16-10-13(3)15(18)19/h12-14,16H,4-11H2,1-3H3. The summed E-state index contributed by atoms with van der Waals surface area (Å²) in [5.41, 5.74) is 0. The molecule has 2 aliphatic rings. The van der Waals surface area contributed by atoms with Gasteiger partial charge < -0.3 is 15.1 Å². The van der Waals surface area contributed by atoms with E-state index >= 15 is 0 Å². The van der Waals surface area contributed by atoms with Gasteiger partial charge in [-0.1, -0.05) is 6.92 Å². The molecule has 2 fully saturated rings. The smallest absolute Gasteiger partial charge is 0.226 e. The SMILES string of the molecule is CC1CNCCN(CC2CCN(C(C)C)CC2)C1=O. The molecular weight excluding hydrogens is 238 g/mol. The Morgan fingerprint density at radius 1 is 1.26 bits per heavy atom. The van der Waals surface area contributed by atoms with Gasteiger partial charge in [0.25, 0.3) is 0 Å². The predicted octanol–water partition coefficient (Wildman–Crippen LogP) is 1.17. The van der Waals surface area contributed by atoms with Crippen molar-refractivity contribution >= 4 is 5.91 Å². The van der Waals surface area contributed by atoms with Crippen LogP contribution in [-0.4, -0.2) is 61.0 Å². The minimum Gasteiger partial charge on any atom is -0.341 e. The molecule has 4 heteroatoms. The highest BCUT2D eigenvalue weighted by Crippen LogP contribution is 2.21. The lowest BCUT2D eigenvalue weighted by Crippen LogP contribution is -2.44. The fourth-order valence-corrected chi connectivity index (χ4v) is 3.19. The van der Waals surface area contributed by atoms with Crippen molar-refractivity contribution in [3.05, 3.63) is 0 Å². The van der Waals surface area contributed by atoms with Crippen molar-refractivity contribution in [3.8, 4) is 0 Å². The van der Waals surface area contributed by atoms with Gasteiger partial charge in [0.05, 0.1) is 0 Å². The Labute approximate surface area is 117 Å². The van der Waals surface area contributed by atoms with Crippen molar-refractivity contribution < 1.29 is 4.79 Å². The zero-order chi connectivity index (χ0) is 13.8. The zero-order valence-electron chi connectivity index (χ0n) is 12.7. The Bertz CT molecular complexity index is 298. The molecule has 0 spiro atoms. The van der Waals surface area contributed by atoms with Crippen LogP contribution >= 0.6 is 0 Å². The van der Waals surface area contributed by atoms with Crippen molar-refractivity contribution in [2.45, 2.75) is 39.7 Å². The van der Waals surface area contributed by atoms with E-state index in [0.717, 1.165) is 26.2 Å². The molecule has 0 aromatic heterocycles. The minimum absolute atomic E-state index is 0.137. The number of hydrogen-bond acceptors (Lipinski definition) is 3. The summed E-state index contributed by atoms with van der Waals surface area (Å²) >= 11 is 0. The number of rotatable bonds is 3. The fourth-order valence-electron chi connectivity index (χ4n) is 3.19. The fraction of sp³-hybridized carbons (Fsp3) is 0.933. The first-order chi connectivity index (χ1) is 9.08. The summed E-state index contributed by atoms with van der Waals surface area (Å²) in [6, 6.07) is 0.657. The van der Waals surface area contributed by atoms with Crippen LogP contribution in [0.25, 0.3) is 0 Å². The van der Waals surface area contributed by atoms with Crippen LogP contribution in [0.5, 0.6) is 0 Å². The van der Waals surface area contributed by atoms with Crippen molar-refractivity contribution in [1.82, 2.24) is 15.1 Å². The van der Waals surface area contributed by atoms with Crippen molar-refractivity contribution in [1.29, 1.82) is 0 Å². The molecule has 1 atom stereocenters. The molecule has 0 aliphatic carbocycles. The first-order valence-corrected chi connectivity index (χ1v) is 7.81. The van der Waals surface area contributed by atoms with Gasteiger partial charge in [-0.15, -0.1) is 0 Å². The molecule has 4 nitrogen and oxygen atoms in total. The molecule has 1 amide bonds. The average molecular weight is 267 g/mol. The Balaban J connectivity index is 1.82. The average Bonchev–Trinajstić information content (AvgIpc) is 2.55. The number of amides is 1. The number of likely N-dealkylation sites (tertiary alicyclic amines) is 1. The normalized spacial score (nSPS) is 27.9. The molecule has 0 radical (unpaired) electrons. The van der Waals surface area contributed by atoms with Gasteiger partial charge >= 0.3 is 0 Å².